The maximum Gasteiger partial charge on any atom is 0.285 e. The van der Waals surface area contributed by atoms with Crippen molar-refractivity contribution in [3.63, 3.8) is 0 Å². The van der Waals surface area contributed by atoms with Crippen LogP contribution in [0.2, 0.25) is 5.02 Å². The molecule has 0 spiro atoms. The number of thioether (sulfide) groups is 1. The highest BCUT2D eigenvalue weighted by Gasteiger charge is 2.55. The fraction of sp³-hybridized carbons (Fsp3) is 0.393. The van der Waals surface area contributed by atoms with Crippen LogP contribution in [0.3, 0.4) is 0 Å². The second kappa shape index (κ2) is 10.5. The fourth-order valence-corrected chi connectivity index (χ4v) is 9.62. The average Bonchev–Trinajstić information content (AvgIpc) is 3.11. The Morgan fingerprint density at radius 1 is 1.11 bits per heavy atom. The molecular formula is C28H25Br2ClN2O3S2. The van der Waals surface area contributed by atoms with Gasteiger partial charge in [-0.3, -0.25) is 15.0 Å². The van der Waals surface area contributed by atoms with Crippen molar-refractivity contribution in [2.75, 3.05) is 0 Å². The number of amides is 2. The molecule has 1 aliphatic heterocycles. The maximum atomic E-state index is 13.5. The summed E-state index contributed by atoms with van der Waals surface area (Å²) in [5.74, 6) is 2.26. The molecule has 5 aliphatic rings. The molecule has 4 saturated carbocycles. The topological polar surface area (TPSA) is 58.6 Å². The number of carbonyl (C=O) groups excluding carboxylic acids is 2. The van der Waals surface area contributed by atoms with Crippen molar-refractivity contribution in [1.82, 2.24) is 10.4 Å². The SMILES string of the molecule is O=C1/C(=C\c2cc(Br)c(OCc3ccc(Cl)cc3)c(Br)c2)SC(=S)N1NC(=O)C12CC3CC(CC(C3)C1)C2. The van der Waals surface area contributed by atoms with Crippen LogP contribution in [0.5, 0.6) is 5.75 Å². The number of rotatable bonds is 6. The van der Waals surface area contributed by atoms with Crippen LogP contribution in [0.4, 0.5) is 0 Å². The molecular weight excluding hydrogens is 672 g/mol. The van der Waals surface area contributed by atoms with Gasteiger partial charge in [0.2, 0.25) is 5.91 Å². The fourth-order valence-electron chi connectivity index (χ4n) is 6.86. The Hall–Kier alpha value is -1.39. The van der Waals surface area contributed by atoms with Gasteiger partial charge in [0, 0.05) is 5.02 Å². The Kier molecular flexibility index (Phi) is 7.44. The highest BCUT2D eigenvalue weighted by atomic mass is 79.9. The number of thiocarbonyl (C=S) groups is 1. The smallest absolute Gasteiger partial charge is 0.285 e. The monoisotopic (exact) mass is 694 g/mol. The molecule has 1 saturated heterocycles. The van der Waals surface area contributed by atoms with Crippen molar-refractivity contribution in [3.8, 4) is 5.75 Å². The number of ether oxygens (including phenoxy) is 1. The lowest BCUT2D eigenvalue weighted by Gasteiger charge is -2.55. The van der Waals surface area contributed by atoms with Crippen molar-refractivity contribution in [2.24, 2.45) is 23.2 Å². The zero-order valence-corrected chi connectivity index (χ0v) is 25.9. The van der Waals surface area contributed by atoms with Gasteiger partial charge in [0.05, 0.1) is 19.3 Å². The van der Waals surface area contributed by atoms with Gasteiger partial charge in [-0.25, -0.2) is 0 Å². The second-order valence-electron chi connectivity index (χ2n) is 10.9. The lowest BCUT2D eigenvalue weighted by Crippen LogP contribution is -2.57. The minimum Gasteiger partial charge on any atom is -0.487 e. The van der Waals surface area contributed by atoms with E-state index in [1.165, 1.54) is 36.0 Å². The number of benzene rings is 2. The third-order valence-electron chi connectivity index (χ3n) is 8.14. The molecule has 5 fully saturated rings. The van der Waals surface area contributed by atoms with Gasteiger partial charge in [-0.2, -0.15) is 5.01 Å². The summed E-state index contributed by atoms with van der Waals surface area (Å²) in [5, 5.41) is 1.94. The van der Waals surface area contributed by atoms with E-state index in [9.17, 15) is 9.59 Å². The Labute approximate surface area is 253 Å². The van der Waals surface area contributed by atoms with Crippen LogP contribution in [-0.4, -0.2) is 21.1 Å². The first-order valence-electron chi connectivity index (χ1n) is 12.6. The zero-order valence-electron chi connectivity index (χ0n) is 20.3. The molecule has 1 heterocycles. The molecule has 0 unspecified atom stereocenters. The van der Waals surface area contributed by atoms with Gasteiger partial charge in [0.1, 0.15) is 12.4 Å². The largest absolute Gasteiger partial charge is 0.487 e. The molecule has 2 amide bonds. The van der Waals surface area contributed by atoms with E-state index in [0.29, 0.717) is 44.4 Å². The molecule has 0 aromatic heterocycles. The van der Waals surface area contributed by atoms with Crippen LogP contribution in [-0.2, 0) is 16.2 Å². The van der Waals surface area contributed by atoms with E-state index in [1.807, 2.05) is 36.4 Å². The number of nitrogens with zero attached hydrogens (tertiary/aromatic N) is 1. The first-order valence-corrected chi connectivity index (χ1v) is 15.8. The summed E-state index contributed by atoms with van der Waals surface area (Å²) in [5.41, 5.74) is 4.36. The molecule has 198 valence electrons. The standard InChI is InChI=1S/C28H25Br2ClN2O3S2/c29-21-8-16(9-22(30)24(21)36-14-15-1-3-20(31)4-2-15)10-23-25(34)33(27(37)38-23)32-26(35)28-11-17-5-18(12-28)7-19(6-17)13-28/h1-4,8-10,17-19H,5-7,11-14H2,(H,32,35)/b23-10+. The molecule has 4 bridgehead atoms. The number of hydrazine groups is 1. The van der Waals surface area contributed by atoms with Gasteiger partial charge in [0.15, 0.2) is 4.32 Å². The van der Waals surface area contributed by atoms with E-state index in [1.54, 1.807) is 6.08 Å². The number of nitrogens with one attached hydrogen (secondary N) is 1. The Morgan fingerprint density at radius 3 is 2.26 bits per heavy atom. The van der Waals surface area contributed by atoms with Crippen molar-refractivity contribution < 1.29 is 14.3 Å². The van der Waals surface area contributed by atoms with Crippen LogP contribution < -0.4 is 10.2 Å². The third-order valence-corrected chi connectivity index (χ3v) is 10.9. The van der Waals surface area contributed by atoms with E-state index in [2.05, 4.69) is 37.3 Å². The van der Waals surface area contributed by atoms with Crippen LogP contribution in [0.1, 0.15) is 49.7 Å². The van der Waals surface area contributed by atoms with E-state index < -0.39 is 0 Å². The van der Waals surface area contributed by atoms with Gasteiger partial charge in [-0.05, 0) is 142 Å². The normalized spacial score (nSPS) is 28.9. The Morgan fingerprint density at radius 2 is 1.68 bits per heavy atom. The summed E-state index contributed by atoms with van der Waals surface area (Å²) in [6.07, 6.45) is 8.36. The molecule has 0 radical (unpaired) electrons. The highest BCUT2D eigenvalue weighted by molar-refractivity contribution is 9.11. The first-order chi connectivity index (χ1) is 18.2. The highest BCUT2D eigenvalue weighted by Crippen LogP contribution is 2.60. The molecule has 10 heteroatoms. The van der Waals surface area contributed by atoms with Crippen LogP contribution in [0.15, 0.2) is 50.2 Å². The van der Waals surface area contributed by atoms with Gasteiger partial charge >= 0.3 is 0 Å². The summed E-state index contributed by atoms with van der Waals surface area (Å²) in [6.45, 7) is 0.385. The second-order valence-corrected chi connectivity index (χ2v) is 14.7. The minimum atomic E-state index is -0.348. The molecule has 7 rings (SSSR count). The van der Waals surface area contributed by atoms with E-state index >= 15 is 0 Å². The first kappa shape index (κ1) is 26.8. The molecule has 0 atom stereocenters. The van der Waals surface area contributed by atoms with Crippen LogP contribution in [0, 0.1) is 23.2 Å². The van der Waals surface area contributed by atoms with Crippen molar-refractivity contribution in [3.05, 3.63) is 66.4 Å². The Balaban J connectivity index is 1.14. The van der Waals surface area contributed by atoms with Gasteiger partial charge in [0.25, 0.3) is 5.91 Å². The number of hydrogen-bond acceptors (Lipinski definition) is 5. The predicted octanol–water partition coefficient (Wildman–Crippen LogP) is 7.89. The molecule has 1 N–H and O–H groups in total. The molecule has 5 nitrogen and oxygen atoms in total. The maximum absolute atomic E-state index is 13.5. The summed E-state index contributed by atoms with van der Waals surface area (Å²) in [7, 11) is 0. The summed E-state index contributed by atoms with van der Waals surface area (Å²) < 4.78 is 7.86. The third kappa shape index (κ3) is 5.21. The summed E-state index contributed by atoms with van der Waals surface area (Å²) >= 11 is 19.8. The molecule has 2 aromatic rings. The van der Waals surface area contributed by atoms with Crippen molar-refractivity contribution in [1.29, 1.82) is 0 Å². The van der Waals surface area contributed by atoms with Crippen LogP contribution in [0.25, 0.3) is 6.08 Å². The van der Waals surface area contributed by atoms with Crippen molar-refractivity contribution in [2.45, 2.75) is 45.1 Å². The molecule has 38 heavy (non-hydrogen) atoms. The Bertz CT molecular complexity index is 1310. The number of hydrogen-bond donors (Lipinski definition) is 1. The predicted molar refractivity (Wildman–Crippen MR) is 161 cm³/mol. The van der Waals surface area contributed by atoms with Gasteiger partial charge in [-0.15, -0.1) is 0 Å². The van der Waals surface area contributed by atoms with Crippen molar-refractivity contribution >= 4 is 89.7 Å². The number of halogens is 3. The van der Waals surface area contributed by atoms with Gasteiger partial charge in [-0.1, -0.05) is 35.5 Å². The lowest BCUT2D eigenvalue weighted by molar-refractivity contribution is -0.152. The molecule has 4 aliphatic carbocycles. The zero-order chi connectivity index (χ0) is 26.6. The van der Waals surface area contributed by atoms with Gasteiger partial charge < -0.3 is 4.74 Å². The van der Waals surface area contributed by atoms with E-state index in [0.717, 1.165) is 39.3 Å². The summed E-state index contributed by atoms with van der Waals surface area (Å²) in [4.78, 5) is 27.2. The average molecular weight is 697 g/mol. The minimum absolute atomic E-state index is 0.0400. The lowest BCUT2D eigenvalue weighted by atomic mass is 9.49. The summed E-state index contributed by atoms with van der Waals surface area (Å²) in [6, 6.07) is 11.3. The number of carbonyl (C=O) groups is 2. The molecule has 2 aromatic carbocycles. The quantitative estimate of drug-likeness (QED) is 0.246. The van der Waals surface area contributed by atoms with E-state index in [-0.39, 0.29) is 17.2 Å². The van der Waals surface area contributed by atoms with E-state index in [4.69, 9.17) is 28.6 Å². The van der Waals surface area contributed by atoms with Crippen LogP contribution >= 0.6 is 67.4 Å².